The minimum atomic E-state index is -3.66. The first-order chi connectivity index (χ1) is 28.7. The van der Waals surface area contributed by atoms with Crippen LogP contribution in [0.5, 0.6) is 0 Å². The van der Waals surface area contributed by atoms with Crippen molar-refractivity contribution in [3.8, 4) is 22.3 Å². The first-order valence-corrected chi connectivity index (χ1v) is 23.0. The van der Waals surface area contributed by atoms with E-state index >= 15 is 0 Å². The lowest BCUT2D eigenvalue weighted by molar-refractivity contribution is 0.595. The first kappa shape index (κ1) is 35.4. The van der Waals surface area contributed by atoms with Crippen LogP contribution < -0.4 is 15.2 Å². The molecule has 284 valence electrons. The molecule has 9 aromatic rings. The molecule has 2 aliphatic rings. The molecule has 0 unspecified atom stereocenters. The second-order valence-corrected chi connectivity index (χ2v) is 19.9. The van der Waals surface area contributed by atoms with Crippen molar-refractivity contribution in [1.82, 2.24) is 0 Å². The Balaban J connectivity index is 0.910. The van der Waals surface area contributed by atoms with Crippen molar-refractivity contribution >= 4 is 90.9 Å². The number of nitrogens with zero attached hydrogens (tertiary/aromatic N) is 2. The van der Waals surface area contributed by atoms with Gasteiger partial charge in [-0.15, -0.1) is 11.3 Å². The number of hydrogen-bond acceptors (Lipinski definition) is 7. The largest absolute Gasteiger partial charge is 0.308 e. The number of para-hydroxylation sites is 4. The van der Waals surface area contributed by atoms with Gasteiger partial charge in [-0.25, -0.2) is 8.42 Å². The average Bonchev–Trinajstić information content (AvgIpc) is 3.27. The lowest BCUT2D eigenvalue weighted by Crippen LogP contribution is -2.21. The maximum atomic E-state index is 14.1. The Hall–Kier alpha value is -6.78. The molecule has 0 amide bonds. The summed E-state index contributed by atoms with van der Waals surface area (Å²) >= 11 is 1.60. The molecule has 1 aromatic heterocycles. The third-order valence-electron chi connectivity index (χ3n) is 11.3. The molecule has 0 N–H and O–H groups in total. The molecule has 0 saturated carbocycles. The number of anilines is 6. The standard InChI is InChI=1S/C50H32N2O4S3/c1-58(54)46-14-6-2-10-40(46)51(41-11-3-7-15-47(41)58)36-26-20-33(21-27-36)35-22-28-38-45(31-35)57-44-29-23-34(30-39(44)50(38)53)32-18-24-37(25-19-32)52-42-12-4-8-16-48(42)59(55,56)49-17-9-5-13-43(49)52/h2-31H,1H2. The molecule has 9 heteroatoms. The van der Waals surface area contributed by atoms with E-state index in [1.165, 1.54) is 0 Å². The second kappa shape index (κ2) is 13.1. The van der Waals surface area contributed by atoms with Crippen LogP contribution in [0.15, 0.2) is 206 Å². The molecule has 11 rings (SSSR count). The third kappa shape index (κ3) is 5.43. The number of rotatable bonds is 4. The van der Waals surface area contributed by atoms with Gasteiger partial charge in [0.25, 0.3) is 0 Å². The predicted molar refractivity (Wildman–Crippen MR) is 243 cm³/mol. The molecule has 0 spiro atoms. The van der Waals surface area contributed by atoms with E-state index in [1.807, 2.05) is 132 Å². The Morgan fingerprint density at radius 2 is 0.814 bits per heavy atom. The summed E-state index contributed by atoms with van der Waals surface area (Å²) in [5.74, 6) is 4.16. The van der Waals surface area contributed by atoms with E-state index in [0.29, 0.717) is 22.1 Å². The van der Waals surface area contributed by atoms with Crippen LogP contribution in [-0.2, 0) is 19.4 Å². The summed E-state index contributed by atoms with van der Waals surface area (Å²) in [4.78, 5) is 20.2. The van der Waals surface area contributed by atoms with Crippen LogP contribution in [0.4, 0.5) is 34.1 Å². The molecule has 59 heavy (non-hydrogen) atoms. The number of sulfone groups is 1. The normalized spacial score (nSPS) is 14.6. The van der Waals surface area contributed by atoms with Gasteiger partial charge in [0, 0.05) is 41.1 Å². The van der Waals surface area contributed by atoms with Crippen molar-refractivity contribution in [3.05, 3.63) is 192 Å². The minimum absolute atomic E-state index is 0.0127. The zero-order chi connectivity index (χ0) is 40.0. The van der Waals surface area contributed by atoms with Gasteiger partial charge in [0.15, 0.2) is 5.43 Å². The fraction of sp³-hybridized carbons (Fsp3) is 0. The minimum Gasteiger partial charge on any atom is -0.308 e. The van der Waals surface area contributed by atoms with Crippen LogP contribution in [-0.4, -0.2) is 18.5 Å². The van der Waals surface area contributed by atoms with E-state index in [4.69, 9.17) is 0 Å². The highest BCUT2D eigenvalue weighted by molar-refractivity contribution is 8.00. The Morgan fingerprint density at radius 3 is 1.32 bits per heavy atom. The van der Waals surface area contributed by atoms with Gasteiger partial charge in [-0.1, -0.05) is 84.9 Å². The quantitative estimate of drug-likeness (QED) is 0.130. The van der Waals surface area contributed by atoms with E-state index < -0.39 is 19.4 Å². The van der Waals surface area contributed by atoms with Gasteiger partial charge in [-0.3, -0.25) is 9.00 Å². The van der Waals surface area contributed by atoms with Crippen LogP contribution in [0.3, 0.4) is 0 Å². The zero-order valence-corrected chi connectivity index (χ0v) is 33.7. The molecular weight excluding hydrogens is 789 g/mol. The summed E-state index contributed by atoms with van der Waals surface area (Å²) in [7, 11) is -6.32. The molecule has 6 nitrogen and oxygen atoms in total. The van der Waals surface area contributed by atoms with Gasteiger partial charge in [-0.05, 0) is 125 Å². The lowest BCUT2D eigenvalue weighted by Gasteiger charge is -2.35. The van der Waals surface area contributed by atoms with Gasteiger partial charge < -0.3 is 9.80 Å². The Labute approximate surface area is 345 Å². The average molecular weight is 821 g/mol. The van der Waals surface area contributed by atoms with E-state index in [9.17, 15) is 17.4 Å². The molecule has 0 atom stereocenters. The summed E-state index contributed by atoms with van der Waals surface area (Å²) in [5.41, 5.74) is 8.59. The van der Waals surface area contributed by atoms with Crippen LogP contribution in [0.25, 0.3) is 42.4 Å². The maximum Gasteiger partial charge on any atom is 0.210 e. The first-order valence-electron chi connectivity index (χ1n) is 19.0. The Morgan fingerprint density at radius 1 is 0.407 bits per heavy atom. The van der Waals surface area contributed by atoms with E-state index in [-0.39, 0.29) is 15.2 Å². The third-order valence-corrected chi connectivity index (χ3v) is 16.4. The summed E-state index contributed by atoms with van der Waals surface area (Å²) in [6.45, 7) is 0. The van der Waals surface area contributed by atoms with Gasteiger partial charge in [-0.2, -0.15) is 0 Å². The van der Waals surface area contributed by atoms with E-state index in [0.717, 1.165) is 64.2 Å². The highest BCUT2D eigenvalue weighted by Crippen LogP contribution is 2.49. The van der Waals surface area contributed by atoms with Crippen molar-refractivity contribution in [3.63, 3.8) is 0 Å². The molecule has 3 heterocycles. The van der Waals surface area contributed by atoms with Crippen molar-refractivity contribution in [1.29, 1.82) is 0 Å². The number of benzene rings is 8. The number of hydrogen-bond donors (Lipinski definition) is 0. The summed E-state index contributed by atoms with van der Waals surface area (Å²) < 4.78 is 42.7. The van der Waals surface area contributed by atoms with Crippen LogP contribution in [0, 0.1) is 0 Å². The molecule has 0 aliphatic carbocycles. The highest BCUT2D eigenvalue weighted by Gasteiger charge is 2.34. The van der Waals surface area contributed by atoms with E-state index in [2.05, 4.69) is 41.1 Å². The smallest absolute Gasteiger partial charge is 0.210 e. The topological polar surface area (TPSA) is 74.8 Å². The molecule has 0 bridgehead atoms. The van der Waals surface area contributed by atoms with E-state index in [1.54, 1.807) is 35.6 Å². The Bertz CT molecular complexity index is 3400. The fourth-order valence-electron chi connectivity index (χ4n) is 8.45. The van der Waals surface area contributed by atoms with Gasteiger partial charge >= 0.3 is 0 Å². The van der Waals surface area contributed by atoms with Crippen molar-refractivity contribution < 1.29 is 12.6 Å². The van der Waals surface area contributed by atoms with Gasteiger partial charge in [0.05, 0.1) is 42.3 Å². The van der Waals surface area contributed by atoms with Crippen LogP contribution in [0.1, 0.15) is 0 Å². The predicted octanol–water partition coefficient (Wildman–Crippen LogP) is 12.3. The van der Waals surface area contributed by atoms with Gasteiger partial charge in [0.2, 0.25) is 9.84 Å². The summed E-state index contributed by atoms with van der Waals surface area (Å²) in [6.07, 6.45) is 0. The van der Waals surface area contributed by atoms with Crippen LogP contribution >= 0.6 is 11.3 Å². The SMILES string of the molecule is C=S1(=O)c2ccccc2N(c2ccc(-c3ccc4c(=O)c5cc(-c6ccc(N7c8ccccc8S(=O)(=O)c8ccccc87)cc6)ccc5sc4c3)cc2)c2ccccc21. The Kier molecular flexibility index (Phi) is 7.87. The summed E-state index contributed by atoms with van der Waals surface area (Å²) in [6, 6.07) is 58.1. The fourth-order valence-corrected chi connectivity index (χ4v) is 13.0. The summed E-state index contributed by atoms with van der Waals surface area (Å²) in [5, 5.41) is 1.34. The van der Waals surface area contributed by atoms with Crippen LogP contribution in [0.2, 0.25) is 0 Å². The molecule has 8 aromatic carbocycles. The molecule has 0 radical (unpaired) electrons. The van der Waals surface area contributed by atoms with Crippen molar-refractivity contribution in [2.24, 2.45) is 0 Å². The molecular formula is C50H32N2O4S3. The monoisotopic (exact) mass is 820 g/mol. The lowest BCUT2D eigenvalue weighted by atomic mass is 10.0. The number of fused-ring (bicyclic) bond motifs is 6. The molecule has 0 fully saturated rings. The highest BCUT2D eigenvalue weighted by atomic mass is 32.2. The van der Waals surface area contributed by atoms with Crippen molar-refractivity contribution in [2.75, 3.05) is 9.80 Å². The molecule has 2 aliphatic heterocycles. The molecule has 0 saturated heterocycles. The van der Waals surface area contributed by atoms with Gasteiger partial charge in [0.1, 0.15) is 0 Å². The maximum absolute atomic E-state index is 14.1. The second-order valence-electron chi connectivity index (χ2n) is 14.7. The van der Waals surface area contributed by atoms with Crippen molar-refractivity contribution in [2.45, 2.75) is 19.6 Å². The zero-order valence-electron chi connectivity index (χ0n) is 31.3.